The van der Waals surface area contributed by atoms with E-state index in [9.17, 15) is 24.3 Å². The molecule has 0 spiro atoms. The Balaban J connectivity index is 3.05. The number of phenolic OH excluding ortho intramolecular Hbond substituents is 1. The first kappa shape index (κ1) is 19.7. The van der Waals surface area contributed by atoms with Gasteiger partial charge < -0.3 is 19.3 Å². The minimum atomic E-state index is -1.08. The Kier molecular flexibility index (Phi) is 5.64. The second kappa shape index (κ2) is 7.73. The number of hydrogen-bond acceptors (Lipinski definition) is 8. The number of carbonyl (C=O) groups is 3. The summed E-state index contributed by atoms with van der Waals surface area (Å²) >= 11 is 0. The Hall–Kier alpha value is -3.62. The lowest BCUT2D eigenvalue weighted by molar-refractivity contribution is 0.0528. The summed E-state index contributed by atoms with van der Waals surface area (Å²) in [6.07, 6.45) is 0. The summed E-state index contributed by atoms with van der Waals surface area (Å²) in [6.45, 7) is 1.72. The highest BCUT2D eigenvalue weighted by Gasteiger charge is 2.32. The van der Waals surface area contributed by atoms with Crippen molar-refractivity contribution in [3.63, 3.8) is 0 Å². The molecular weight excluding hydrogens is 358 g/mol. The number of aromatic nitrogens is 1. The monoisotopic (exact) mass is 375 g/mol. The van der Waals surface area contributed by atoms with Gasteiger partial charge >= 0.3 is 17.9 Å². The third-order valence-corrected chi connectivity index (χ3v) is 3.76. The third kappa shape index (κ3) is 3.52. The lowest BCUT2D eigenvalue weighted by Gasteiger charge is -2.17. The van der Waals surface area contributed by atoms with Crippen LogP contribution in [0.15, 0.2) is 29.1 Å². The molecule has 0 saturated carbocycles. The number of aryl methyl sites for hydroxylation is 1. The topological polar surface area (TPSA) is 121 Å². The van der Waals surface area contributed by atoms with Gasteiger partial charge in [0, 0.05) is 6.07 Å². The standard InChI is InChI=1S/C18H17NO8/c1-9-5-6-11(12(20)7-9)19-13(21)8-10(16(22)25-2)14(17(23)26-3)15(19)18(24)27-4/h5-8,20H,1-4H3. The van der Waals surface area contributed by atoms with Crippen LogP contribution in [0.3, 0.4) is 0 Å². The van der Waals surface area contributed by atoms with Gasteiger partial charge in [0.05, 0.1) is 32.6 Å². The van der Waals surface area contributed by atoms with Gasteiger partial charge in [0.1, 0.15) is 11.3 Å². The van der Waals surface area contributed by atoms with E-state index in [0.717, 1.165) is 32.0 Å². The first-order valence-electron chi connectivity index (χ1n) is 7.61. The van der Waals surface area contributed by atoms with Crippen molar-refractivity contribution < 1.29 is 33.7 Å². The minimum absolute atomic E-state index is 0.0763. The largest absolute Gasteiger partial charge is 0.506 e. The molecule has 0 atom stereocenters. The van der Waals surface area contributed by atoms with Crippen molar-refractivity contribution in [3.8, 4) is 11.4 Å². The summed E-state index contributed by atoms with van der Waals surface area (Å²) in [6, 6.07) is 5.17. The van der Waals surface area contributed by atoms with E-state index in [-0.39, 0.29) is 11.4 Å². The predicted molar refractivity (Wildman–Crippen MR) is 92.5 cm³/mol. The van der Waals surface area contributed by atoms with Gasteiger partial charge in [-0.2, -0.15) is 0 Å². The Bertz CT molecular complexity index is 990. The maximum Gasteiger partial charge on any atom is 0.356 e. The number of aromatic hydroxyl groups is 1. The van der Waals surface area contributed by atoms with Crippen molar-refractivity contribution in [3.05, 3.63) is 57.0 Å². The highest BCUT2D eigenvalue weighted by atomic mass is 16.5. The van der Waals surface area contributed by atoms with E-state index < -0.39 is 40.3 Å². The summed E-state index contributed by atoms with van der Waals surface area (Å²) in [5, 5.41) is 10.2. The number of phenols is 1. The molecule has 0 bridgehead atoms. The zero-order chi connectivity index (χ0) is 20.3. The average Bonchev–Trinajstić information content (AvgIpc) is 2.65. The fourth-order valence-corrected chi connectivity index (χ4v) is 2.54. The highest BCUT2D eigenvalue weighted by molar-refractivity contribution is 6.09. The van der Waals surface area contributed by atoms with Crippen LogP contribution < -0.4 is 5.56 Å². The van der Waals surface area contributed by atoms with Crippen molar-refractivity contribution in [2.75, 3.05) is 21.3 Å². The normalized spacial score (nSPS) is 10.2. The lowest BCUT2D eigenvalue weighted by atomic mass is 10.0. The van der Waals surface area contributed by atoms with Gasteiger partial charge in [0.15, 0.2) is 5.69 Å². The SMILES string of the molecule is COC(=O)c1cc(=O)n(-c2ccc(C)cc2O)c(C(=O)OC)c1C(=O)OC. The van der Waals surface area contributed by atoms with Crippen molar-refractivity contribution >= 4 is 17.9 Å². The van der Waals surface area contributed by atoms with E-state index >= 15 is 0 Å². The van der Waals surface area contributed by atoms with Gasteiger partial charge in [-0.3, -0.25) is 9.36 Å². The van der Waals surface area contributed by atoms with Crippen LogP contribution in [0.4, 0.5) is 0 Å². The van der Waals surface area contributed by atoms with Gasteiger partial charge in [-0.1, -0.05) is 6.07 Å². The van der Waals surface area contributed by atoms with Gasteiger partial charge in [0.25, 0.3) is 5.56 Å². The van der Waals surface area contributed by atoms with Crippen LogP contribution in [-0.4, -0.2) is 48.9 Å². The van der Waals surface area contributed by atoms with Crippen LogP contribution in [0.25, 0.3) is 5.69 Å². The average molecular weight is 375 g/mol. The van der Waals surface area contributed by atoms with Crippen molar-refractivity contribution in [2.45, 2.75) is 6.92 Å². The van der Waals surface area contributed by atoms with Gasteiger partial charge in [-0.05, 0) is 24.6 Å². The first-order chi connectivity index (χ1) is 12.8. The van der Waals surface area contributed by atoms with E-state index in [4.69, 9.17) is 0 Å². The fourth-order valence-electron chi connectivity index (χ4n) is 2.54. The maximum absolute atomic E-state index is 12.7. The molecule has 1 aromatic carbocycles. The first-order valence-corrected chi connectivity index (χ1v) is 7.61. The smallest absolute Gasteiger partial charge is 0.356 e. The zero-order valence-corrected chi connectivity index (χ0v) is 15.1. The minimum Gasteiger partial charge on any atom is -0.506 e. The molecule has 27 heavy (non-hydrogen) atoms. The molecule has 9 nitrogen and oxygen atoms in total. The molecule has 0 radical (unpaired) electrons. The molecule has 0 aliphatic carbocycles. The lowest BCUT2D eigenvalue weighted by Crippen LogP contribution is -2.31. The van der Waals surface area contributed by atoms with Crippen LogP contribution in [0.2, 0.25) is 0 Å². The second-order valence-corrected chi connectivity index (χ2v) is 5.42. The van der Waals surface area contributed by atoms with Crippen molar-refractivity contribution in [2.24, 2.45) is 0 Å². The molecule has 0 amide bonds. The number of methoxy groups -OCH3 is 3. The fraction of sp³-hybridized carbons (Fsp3) is 0.222. The molecule has 1 aromatic heterocycles. The molecule has 0 saturated heterocycles. The van der Waals surface area contributed by atoms with Gasteiger partial charge in [-0.15, -0.1) is 0 Å². The number of hydrogen-bond donors (Lipinski definition) is 1. The van der Waals surface area contributed by atoms with Gasteiger partial charge in [-0.25, -0.2) is 14.4 Å². The Morgan fingerprint density at radius 2 is 1.52 bits per heavy atom. The molecule has 1 N–H and O–H groups in total. The predicted octanol–water partition coefficient (Wildman–Crippen LogP) is 1.21. The quantitative estimate of drug-likeness (QED) is 0.625. The number of benzene rings is 1. The molecule has 1 heterocycles. The van der Waals surface area contributed by atoms with E-state index in [1.165, 1.54) is 12.1 Å². The highest BCUT2D eigenvalue weighted by Crippen LogP contribution is 2.26. The molecule has 0 fully saturated rings. The van der Waals surface area contributed by atoms with E-state index in [1.807, 2.05) is 0 Å². The molecule has 0 aliphatic heterocycles. The Morgan fingerprint density at radius 3 is 2.04 bits per heavy atom. The van der Waals surface area contributed by atoms with E-state index in [0.29, 0.717) is 5.56 Å². The van der Waals surface area contributed by atoms with Crippen LogP contribution in [0.1, 0.15) is 36.8 Å². The molecule has 0 unspecified atom stereocenters. The molecule has 0 aliphatic rings. The second-order valence-electron chi connectivity index (χ2n) is 5.42. The number of esters is 3. The summed E-state index contributed by atoms with van der Waals surface area (Å²) in [5.41, 5.74) is -1.79. The molecule has 2 aromatic rings. The zero-order valence-electron chi connectivity index (χ0n) is 15.1. The number of ether oxygens (including phenoxy) is 3. The molecular formula is C18H17NO8. The number of carbonyl (C=O) groups excluding carboxylic acids is 3. The van der Waals surface area contributed by atoms with Crippen LogP contribution in [-0.2, 0) is 14.2 Å². The van der Waals surface area contributed by atoms with E-state index in [1.54, 1.807) is 13.0 Å². The summed E-state index contributed by atoms with van der Waals surface area (Å²) in [4.78, 5) is 49.5. The van der Waals surface area contributed by atoms with Crippen molar-refractivity contribution in [1.82, 2.24) is 4.57 Å². The van der Waals surface area contributed by atoms with Crippen molar-refractivity contribution in [1.29, 1.82) is 0 Å². The maximum atomic E-state index is 12.7. The van der Waals surface area contributed by atoms with Gasteiger partial charge in [0.2, 0.25) is 0 Å². The van der Waals surface area contributed by atoms with Crippen LogP contribution >= 0.6 is 0 Å². The summed E-state index contributed by atoms with van der Waals surface area (Å²) < 4.78 is 14.7. The Morgan fingerprint density at radius 1 is 0.926 bits per heavy atom. The molecule has 9 heteroatoms. The van der Waals surface area contributed by atoms with Crippen LogP contribution in [0.5, 0.6) is 5.75 Å². The van der Waals surface area contributed by atoms with Crippen LogP contribution in [0, 0.1) is 6.92 Å². The summed E-state index contributed by atoms with van der Waals surface area (Å²) in [5.74, 6) is -3.48. The molecule has 2 rings (SSSR count). The number of rotatable bonds is 4. The number of pyridine rings is 1. The Labute approximate surface area is 153 Å². The third-order valence-electron chi connectivity index (χ3n) is 3.76. The summed E-state index contributed by atoms with van der Waals surface area (Å²) in [7, 11) is 3.14. The van der Waals surface area contributed by atoms with E-state index in [2.05, 4.69) is 14.2 Å². The molecule has 142 valence electrons. The number of nitrogens with zero attached hydrogens (tertiary/aromatic N) is 1.